The summed E-state index contributed by atoms with van der Waals surface area (Å²) in [7, 11) is 0. The molecule has 0 spiro atoms. The summed E-state index contributed by atoms with van der Waals surface area (Å²) < 4.78 is 2.63. The predicted molar refractivity (Wildman–Crippen MR) is 66.7 cm³/mol. The minimum Gasteiger partial charge on any atom is -0.379 e. The van der Waals surface area contributed by atoms with E-state index in [1.165, 1.54) is 6.07 Å². The van der Waals surface area contributed by atoms with Crippen LogP contribution in [-0.4, -0.2) is 9.78 Å². The Morgan fingerprint density at radius 3 is 2.56 bits per heavy atom. The smallest absolute Gasteiger partial charge is 0.224 e. The molecule has 82 valence electrons. The molecule has 0 fully saturated rings. The number of benzene rings is 1. The van der Waals surface area contributed by atoms with Crippen LogP contribution >= 0.6 is 15.9 Å². The van der Waals surface area contributed by atoms with Gasteiger partial charge < -0.3 is 5.73 Å². The first-order chi connectivity index (χ1) is 7.58. The number of hydrogen-bond acceptors (Lipinski definition) is 3. The SMILES string of the molecule is Cc1cc(=O)c(N)nn1-c1ccc(Br)cc1. The Labute approximate surface area is 101 Å². The van der Waals surface area contributed by atoms with Crippen LogP contribution in [0.2, 0.25) is 0 Å². The van der Waals surface area contributed by atoms with Gasteiger partial charge in [0.05, 0.1) is 5.69 Å². The van der Waals surface area contributed by atoms with Crippen molar-refractivity contribution in [2.24, 2.45) is 0 Å². The lowest BCUT2D eigenvalue weighted by molar-refractivity contribution is 0.807. The summed E-state index contributed by atoms with van der Waals surface area (Å²) in [5.74, 6) is 0.00789. The number of anilines is 1. The average molecular weight is 280 g/mol. The zero-order chi connectivity index (χ0) is 11.7. The van der Waals surface area contributed by atoms with Crippen LogP contribution in [0, 0.1) is 6.92 Å². The normalized spacial score (nSPS) is 10.4. The summed E-state index contributed by atoms with van der Waals surface area (Å²) in [6, 6.07) is 9.09. The second-order valence-electron chi connectivity index (χ2n) is 3.42. The molecule has 0 aliphatic heterocycles. The molecule has 0 aliphatic rings. The van der Waals surface area contributed by atoms with Gasteiger partial charge in [0, 0.05) is 16.2 Å². The Morgan fingerprint density at radius 2 is 1.94 bits per heavy atom. The second-order valence-corrected chi connectivity index (χ2v) is 4.34. The van der Waals surface area contributed by atoms with E-state index in [1.54, 1.807) is 4.68 Å². The van der Waals surface area contributed by atoms with Crippen molar-refractivity contribution >= 4 is 21.7 Å². The van der Waals surface area contributed by atoms with Crippen LogP contribution in [0.15, 0.2) is 39.6 Å². The summed E-state index contributed by atoms with van der Waals surface area (Å²) in [5, 5.41) is 4.04. The van der Waals surface area contributed by atoms with Gasteiger partial charge in [-0.2, -0.15) is 0 Å². The molecule has 1 aromatic heterocycles. The maximum Gasteiger partial charge on any atom is 0.224 e. The molecular formula is C11H10BrN3O. The van der Waals surface area contributed by atoms with Crippen molar-refractivity contribution in [3.63, 3.8) is 0 Å². The first kappa shape index (κ1) is 10.9. The van der Waals surface area contributed by atoms with Gasteiger partial charge >= 0.3 is 0 Å². The molecule has 1 aromatic carbocycles. The molecule has 2 rings (SSSR count). The van der Waals surface area contributed by atoms with E-state index in [1.807, 2.05) is 31.2 Å². The highest BCUT2D eigenvalue weighted by Crippen LogP contribution is 2.14. The van der Waals surface area contributed by atoms with E-state index in [0.29, 0.717) is 0 Å². The van der Waals surface area contributed by atoms with Gasteiger partial charge in [-0.05, 0) is 31.2 Å². The van der Waals surface area contributed by atoms with Crippen LogP contribution in [0.25, 0.3) is 5.69 Å². The molecule has 4 nitrogen and oxygen atoms in total. The highest BCUT2D eigenvalue weighted by atomic mass is 79.9. The Hall–Kier alpha value is -1.62. The third-order valence-electron chi connectivity index (χ3n) is 2.21. The van der Waals surface area contributed by atoms with Crippen molar-refractivity contribution in [3.8, 4) is 5.69 Å². The molecule has 0 saturated heterocycles. The number of rotatable bonds is 1. The Morgan fingerprint density at radius 1 is 1.31 bits per heavy atom. The molecule has 0 atom stereocenters. The lowest BCUT2D eigenvalue weighted by atomic mass is 10.3. The van der Waals surface area contributed by atoms with E-state index in [2.05, 4.69) is 21.0 Å². The number of hydrogen-bond donors (Lipinski definition) is 1. The van der Waals surface area contributed by atoms with E-state index >= 15 is 0 Å². The summed E-state index contributed by atoms with van der Waals surface area (Å²) in [6.07, 6.45) is 0. The molecule has 0 amide bonds. The minimum atomic E-state index is -0.245. The molecule has 5 heteroatoms. The minimum absolute atomic E-state index is 0.00789. The molecule has 0 saturated carbocycles. The van der Waals surface area contributed by atoms with E-state index < -0.39 is 0 Å². The van der Waals surface area contributed by atoms with Crippen molar-refractivity contribution in [3.05, 3.63) is 50.7 Å². The van der Waals surface area contributed by atoms with Crippen LogP contribution in [0.5, 0.6) is 0 Å². The van der Waals surface area contributed by atoms with Gasteiger partial charge in [-0.3, -0.25) is 4.79 Å². The highest BCUT2D eigenvalue weighted by Gasteiger charge is 2.04. The second kappa shape index (κ2) is 4.09. The van der Waals surface area contributed by atoms with Crippen molar-refractivity contribution in [2.75, 3.05) is 5.73 Å². The number of halogens is 1. The molecule has 2 N–H and O–H groups in total. The number of nitrogens with two attached hydrogens (primary N) is 1. The maximum absolute atomic E-state index is 11.3. The van der Waals surface area contributed by atoms with E-state index in [9.17, 15) is 4.79 Å². The van der Waals surface area contributed by atoms with E-state index in [4.69, 9.17) is 5.73 Å². The highest BCUT2D eigenvalue weighted by molar-refractivity contribution is 9.10. The van der Waals surface area contributed by atoms with Crippen molar-refractivity contribution < 1.29 is 0 Å². The average Bonchev–Trinajstić information content (AvgIpc) is 2.25. The zero-order valence-electron chi connectivity index (χ0n) is 8.64. The maximum atomic E-state index is 11.3. The van der Waals surface area contributed by atoms with Crippen LogP contribution in [-0.2, 0) is 0 Å². The summed E-state index contributed by atoms with van der Waals surface area (Å²) in [6.45, 7) is 1.82. The number of nitrogens with zero attached hydrogens (tertiary/aromatic N) is 2. The van der Waals surface area contributed by atoms with Gasteiger partial charge in [0.25, 0.3) is 0 Å². The first-order valence-corrected chi connectivity index (χ1v) is 5.49. The van der Waals surface area contributed by atoms with E-state index in [0.717, 1.165) is 15.9 Å². The molecule has 2 aromatic rings. The summed E-state index contributed by atoms with van der Waals surface area (Å²) >= 11 is 3.36. The van der Waals surface area contributed by atoms with Crippen LogP contribution in [0.1, 0.15) is 5.69 Å². The summed E-state index contributed by atoms with van der Waals surface area (Å²) in [4.78, 5) is 11.3. The fourth-order valence-electron chi connectivity index (χ4n) is 1.40. The van der Waals surface area contributed by atoms with Crippen molar-refractivity contribution in [1.29, 1.82) is 0 Å². The molecule has 0 unspecified atom stereocenters. The van der Waals surface area contributed by atoms with Gasteiger partial charge in [0.15, 0.2) is 5.82 Å². The quantitative estimate of drug-likeness (QED) is 0.867. The van der Waals surface area contributed by atoms with Gasteiger partial charge in [0.2, 0.25) is 5.43 Å². The van der Waals surface area contributed by atoms with Crippen LogP contribution < -0.4 is 11.2 Å². The van der Waals surface area contributed by atoms with Gasteiger partial charge in [-0.15, -0.1) is 5.10 Å². The largest absolute Gasteiger partial charge is 0.379 e. The first-order valence-electron chi connectivity index (χ1n) is 4.70. The third kappa shape index (κ3) is 1.99. The van der Waals surface area contributed by atoms with Crippen molar-refractivity contribution in [2.45, 2.75) is 6.92 Å². The third-order valence-corrected chi connectivity index (χ3v) is 2.73. The van der Waals surface area contributed by atoms with Crippen LogP contribution in [0.4, 0.5) is 5.82 Å². The van der Waals surface area contributed by atoms with Gasteiger partial charge in [-0.25, -0.2) is 4.68 Å². The molecule has 0 bridgehead atoms. The number of aromatic nitrogens is 2. The number of aryl methyl sites for hydroxylation is 1. The predicted octanol–water partition coefficient (Wildman–Crippen LogP) is 1.89. The Bertz CT molecular complexity index is 575. The molecule has 0 radical (unpaired) electrons. The summed E-state index contributed by atoms with van der Waals surface area (Å²) in [5.41, 5.74) is 6.88. The molecule has 1 heterocycles. The fraction of sp³-hybridized carbons (Fsp3) is 0.0909. The van der Waals surface area contributed by atoms with Crippen LogP contribution in [0.3, 0.4) is 0 Å². The monoisotopic (exact) mass is 279 g/mol. The lowest BCUT2D eigenvalue weighted by Crippen LogP contribution is -2.17. The zero-order valence-corrected chi connectivity index (χ0v) is 10.2. The topological polar surface area (TPSA) is 60.9 Å². The van der Waals surface area contributed by atoms with E-state index in [-0.39, 0.29) is 11.2 Å². The lowest BCUT2D eigenvalue weighted by Gasteiger charge is -2.09. The Kier molecular flexibility index (Phi) is 2.78. The van der Waals surface area contributed by atoms with Gasteiger partial charge in [-0.1, -0.05) is 15.9 Å². The van der Waals surface area contributed by atoms with Gasteiger partial charge in [0.1, 0.15) is 0 Å². The standard InChI is InChI=1S/C11H10BrN3O/c1-7-6-10(16)11(13)14-15(7)9-4-2-8(12)3-5-9/h2-6H,1H3,(H2,13,14). The molecule has 0 aliphatic carbocycles. The number of nitrogen functional groups attached to an aromatic ring is 1. The fourth-order valence-corrected chi connectivity index (χ4v) is 1.67. The molecule has 16 heavy (non-hydrogen) atoms. The Balaban J connectivity index is 2.60. The van der Waals surface area contributed by atoms with Crippen molar-refractivity contribution in [1.82, 2.24) is 9.78 Å². The molecular weight excluding hydrogens is 270 g/mol.